The van der Waals surface area contributed by atoms with Crippen molar-refractivity contribution in [3.05, 3.63) is 5.73 Å². The Balaban J connectivity index is 4.14. The summed E-state index contributed by atoms with van der Waals surface area (Å²) in [6.07, 6.45) is -4.69. The normalized spacial score (nSPS) is 19.3. The van der Waals surface area contributed by atoms with E-state index in [9.17, 15) is 13.2 Å². The van der Waals surface area contributed by atoms with Crippen LogP contribution in [0.2, 0.25) is 0 Å². The molecule has 0 saturated carbocycles. The topological polar surface area (TPSA) is 44.0 Å². The molecular weight excluding hydrogens is 135 g/mol. The van der Waals surface area contributed by atoms with E-state index in [-0.39, 0.29) is 0 Å². The first-order valence-electron chi connectivity index (χ1n) is 2.25. The molecule has 1 atom stereocenters. The van der Waals surface area contributed by atoms with Crippen LogP contribution in [0.15, 0.2) is 0 Å². The minimum atomic E-state index is -4.69. The van der Waals surface area contributed by atoms with E-state index in [4.69, 9.17) is 10.8 Å². The Morgan fingerprint density at radius 3 is 1.78 bits per heavy atom. The Morgan fingerprint density at radius 1 is 1.44 bits per heavy atom. The fourth-order valence-electron chi connectivity index (χ4n) is 0.100. The van der Waals surface area contributed by atoms with Crippen LogP contribution in [0.5, 0.6) is 0 Å². The third-order valence-corrected chi connectivity index (χ3v) is 0.955. The van der Waals surface area contributed by atoms with Gasteiger partial charge in [-0.3, -0.25) is 0 Å². The fourth-order valence-corrected chi connectivity index (χ4v) is 0.100. The first-order valence-corrected chi connectivity index (χ1v) is 2.25. The molecule has 0 spiro atoms. The van der Waals surface area contributed by atoms with Crippen LogP contribution in [-0.2, 0) is 0 Å². The van der Waals surface area contributed by atoms with Crippen molar-refractivity contribution in [2.75, 3.05) is 6.54 Å². The zero-order valence-electron chi connectivity index (χ0n) is 4.79. The second-order valence-corrected chi connectivity index (χ2v) is 1.95. The van der Waals surface area contributed by atoms with Crippen LogP contribution in [0.4, 0.5) is 13.2 Å². The van der Waals surface area contributed by atoms with Gasteiger partial charge in [-0.15, -0.1) is 6.54 Å². The van der Waals surface area contributed by atoms with Crippen LogP contribution in [0.1, 0.15) is 6.92 Å². The lowest BCUT2D eigenvalue weighted by Crippen LogP contribution is -2.44. The molecule has 0 fully saturated rings. The van der Waals surface area contributed by atoms with Crippen LogP contribution >= 0.6 is 0 Å². The minimum absolute atomic E-state index is 0.569. The average molecular weight is 142 g/mol. The first kappa shape index (κ1) is 8.71. The average Bonchev–Trinajstić information content (AvgIpc) is 1.64. The molecule has 2 nitrogen and oxygen atoms in total. The van der Waals surface area contributed by atoms with Gasteiger partial charge in [0.25, 0.3) is 0 Å². The van der Waals surface area contributed by atoms with Gasteiger partial charge in [-0.05, 0) is 6.92 Å². The summed E-state index contributed by atoms with van der Waals surface area (Å²) in [5.74, 6) is 0. The summed E-state index contributed by atoms with van der Waals surface area (Å²) in [7, 11) is 0. The molecule has 56 valence electrons. The molecule has 0 saturated heterocycles. The number of aliphatic hydroxyl groups is 1. The largest absolute Gasteiger partial charge is 0.675 e. The Labute approximate surface area is 50.5 Å². The Bertz CT molecular complexity index is 98.5. The Hall–Kier alpha value is -0.290. The highest BCUT2D eigenvalue weighted by molar-refractivity contribution is 4.86. The molecule has 0 heterocycles. The van der Waals surface area contributed by atoms with E-state index in [0.29, 0.717) is 6.92 Å². The zero-order valence-corrected chi connectivity index (χ0v) is 4.79. The van der Waals surface area contributed by atoms with Crippen LogP contribution in [0.3, 0.4) is 0 Å². The van der Waals surface area contributed by atoms with Gasteiger partial charge in [-0.25, -0.2) is 0 Å². The van der Waals surface area contributed by atoms with Crippen molar-refractivity contribution in [3.8, 4) is 0 Å². The van der Waals surface area contributed by atoms with Crippen LogP contribution in [0, 0.1) is 0 Å². The van der Waals surface area contributed by atoms with Crippen molar-refractivity contribution < 1.29 is 18.3 Å². The van der Waals surface area contributed by atoms with E-state index in [2.05, 4.69) is 0 Å². The second kappa shape index (κ2) is 2.15. The standard InChI is InChI=1S/C4H7F3NO/c1-3(9,2-8)4(5,6)7/h8-9H,2H2,1H3/q-1/t3-/m0/s1. The molecule has 0 unspecified atom stereocenters. The Morgan fingerprint density at radius 2 is 1.78 bits per heavy atom. The molecule has 0 aromatic carbocycles. The smallest absolute Gasteiger partial charge is 0.415 e. The Kier molecular flexibility index (Phi) is 2.08. The molecule has 0 aliphatic carbocycles. The lowest BCUT2D eigenvalue weighted by molar-refractivity contribution is -0.245. The van der Waals surface area contributed by atoms with Crippen molar-refractivity contribution in [1.82, 2.24) is 0 Å². The molecule has 0 aliphatic rings. The number of nitrogens with one attached hydrogen (secondary N) is 1. The lowest BCUT2D eigenvalue weighted by atomic mass is 10.1. The molecule has 0 aromatic rings. The fraction of sp³-hybridized carbons (Fsp3) is 1.00. The monoisotopic (exact) mass is 142 g/mol. The van der Waals surface area contributed by atoms with E-state index < -0.39 is 18.3 Å². The number of alkyl halides is 3. The van der Waals surface area contributed by atoms with E-state index in [0.717, 1.165) is 0 Å². The summed E-state index contributed by atoms with van der Waals surface area (Å²) in [5, 5.41) is 8.35. The third kappa shape index (κ3) is 1.83. The van der Waals surface area contributed by atoms with Gasteiger partial charge in [-0.2, -0.15) is 13.2 Å². The van der Waals surface area contributed by atoms with Gasteiger partial charge in [0, 0.05) is 0 Å². The van der Waals surface area contributed by atoms with Crippen molar-refractivity contribution in [2.24, 2.45) is 0 Å². The summed E-state index contributed by atoms with van der Waals surface area (Å²) in [5.41, 5.74) is 3.44. The molecule has 0 bridgehead atoms. The molecule has 0 aromatic heterocycles. The van der Waals surface area contributed by atoms with Crippen molar-refractivity contribution >= 4 is 0 Å². The SMILES string of the molecule is C[C@](O)(C[NH-])C(F)(F)F. The van der Waals surface area contributed by atoms with Crippen LogP contribution in [-0.4, -0.2) is 23.4 Å². The quantitative estimate of drug-likeness (QED) is 0.590. The highest BCUT2D eigenvalue weighted by Gasteiger charge is 2.46. The van der Waals surface area contributed by atoms with E-state index >= 15 is 0 Å². The number of halogens is 3. The summed E-state index contributed by atoms with van der Waals surface area (Å²) >= 11 is 0. The molecule has 0 rings (SSSR count). The molecular formula is C4H7F3NO-. The maximum absolute atomic E-state index is 11.5. The molecule has 0 aliphatic heterocycles. The highest BCUT2D eigenvalue weighted by atomic mass is 19.4. The highest BCUT2D eigenvalue weighted by Crippen LogP contribution is 2.29. The molecule has 0 radical (unpaired) electrons. The number of hydrogen-bond acceptors (Lipinski definition) is 1. The van der Waals surface area contributed by atoms with Gasteiger partial charge in [0.15, 0.2) is 0 Å². The first-order chi connectivity index (χ1) is 3.81. The van der Waals surface area contributed by atoms with Gasteiger partial charge in [-0.1, -0.05) is 0 Å². The van der Waals surface area contributed by atoms with Crippen molar-refractivity contribution in [1.29, 1.82) is 0 Å². The molecule has 0 amide bonds. The lowest BCUT2D eigenvalue weighted by Gasteiger charge is -2.27. The predicted molar refractivity (Wildman–Crippen MR) is 25.9 cm³/mol. The summed E-state index contributed by atoms with van der Waals surface area (Å²) < 4.78 is 34.4. The summed E-state index contributed by atoms with van der Waals surface area (Å²) in [6.45, 7) is -0.490. The summed E-state index contributed by atoms with van der Waals surface area (Å²) in [4.78, 5) is 0. The van der Waals surface area contributed by atoms with E-state index in [1.54, 1.807) is 0 Å². The van der Waals surface area contributed by atoms with E-state index in [1.807, 2.05) is 0 Å². The second-order valence-electron chi connectivity index (χ2n) is 1.95. The molecule has 5 heteroatoms. The van der Waals surface area contributed by atoms with Gasteiger partial charge in [0.05, 0.1) is 0 Å². The zero-order chi connectivity index (χ0) is 7.71. The van der Waals surface area contributed by atoms with Gasteiger partial charge in [0.1, 0.15) is 5.60 Å². The minimum Gasteiger partial charge on any atom is -0.675 e. The molecule has 9 heavy (non-hydrogen) atoms. The van der Waals surface area contributed by atoms with Gasteiger partial charge >= 0.3 is 6.18 Å². The van der Waals surface area contributed by atoms with E-state index in [1.165, 1.54) is 0 Å². The summed E-state index contributed by atoms with van der Waals surface area (Å²) in [6, 6.07) is 0. The molecule has 2 N–H and O–H groups in total. The van der Waals surface area contributed by atoms with Gasteiger partial charge in [0.2, 0.25) is 0 Å². The van der Waals surface area contributed by atoms with Crippen LogP contribution < -0.4 is 0 Å². The van der Waals surface area contributed by atoms with Crippen molar-refractivity contribution in [3.63, 3.8) is 0 Å². The maximum atomic E-state index is 11.5. The number of hydrogen-bond donors (Lipinski definition) is 1. The number of rotatable bonds is 1. The predicted octanol–water partition coefficient (Wildman–Crippen LogP) is 1.35. The van der Waals surface area contributed by atoms with Crippen LogP contribution in [0.25, 0.3) is 5.73 Å². The maximum Gasteiger partial charge on any atom is 0.415 e. The van der Waals surface area contributed by atoms with Gasteiger partial charge < -0.3 is 10.8 Å². The third-order valence-electron chi connectivity index (χ3n) is 0.955. The van der Waals surface area contributed by atoms with Crippen molar-refractivity contribution in [2.45, 2.75) is 18.7 Å².